The lowest BCUT2D eigenvalue weighted by atomic mass is 10.1. The summed E-state index contributed by atoms with van der Waals surface area (Å²) in [6.45, 7) is 1.99. The molecule has 1 aromatic rings. The van der Waals surface area contributed by atoms with Crippen LogP contribution in [0.3, 0.4) is 0 Å². The number of carbonyl (C=O) groups excluding carboxylic acids is 1. The third kappa shape index (κ3) is 4.04. The summed E-state index contributed by atoms with van der Waals surface area (Å²) in [6.07, 6.45) is 2.23. The van der Waals surface area contributed by atoms with Crippen LogP contribution in [0.5, 0.6) is 0 Å². The number of primary amides is 1. The summed E-state index contributed by atoms with van der Waals surface area (Å²) in [5.74, 6) is -1.23. The fraction of sp³-hybridized carbons (Fsp3) is 0.417. The van der Waals surface area contributed by atoms with E-state index in [0.717, 1.165) is 12.8 Å². The van der Waals surface area contributed by atoms with E-state index in [0.29, 0.717) is 12.2 Å². The van der Waals surface area contributed by atoms with Crippen LogP contribution in [0.1, 0.15) is 36.7 Å². The van der Waals surface area contributed by atoms with Gasteiger partial charge in [0.05, 0.1) is 0 Å². The molecular formula is C12H17N3O3. The first-order valence-corrected chi connectivity index (χ1v) is 5.80. The number of anilines is 1. The van der Waals surface area contributed by atoms with Gasteiger partial charge in [0, 0.05) is 0 Å². The first-order chi connectivity index (χ1) is 8.54. The molecular weight excluding hydrogens is 234 g/mol. The Balaban J connectivity index is 2.77. The summed E-state index contributed by atoms with van der Waals surface area (Å²) >= 11 is 0. The molecule has 1 aromatic heterocycles. The number of hydrogen-bond acceptors (Lipinski definition) is 4. The van der Waals surface area contributed by atoms with Crippen LogP contribution >= 0.6 is 0 Å². The van der Waals surface area contributed by atoms with Crippen LogP contribution in [-0.2, 0) is 4.79 Å². The number of nitrogens with one attached hydrogen (secondary N) is 1. The number of nitrogens with zero attached hydrogens (tertiary/aromatic N) is 1. The molecule has 0 saturated carbocycles. The van der Waals surface area contributed by atoms with E-state index < -0.39 is 17.9 Å². The zero-order valence-electron chi connectivity index (χ0n) is 10.2. The van der Waals surface area contributed by atoms with Gasteiger partial charge in [-0.2, -0.15) is 0 Å². The average molecular weight is 251 g/mol. The van der Waals surface area contributed by atoms with Gasteiger partial charge in [-0.05, 0) is 18.6 Å². The highest BCUT2D eigenvalue weighted by molar-refractivity contribution is 5.91. The quantitative estimate of drug-likeness (QED) is 0.676. The van der Waals surface area contributed by atoms with Crippen LogP contribution in [0, 0.1) is 0 Å². The Labute approximate surface area is 105 Å². The topological polar surface area (TPSA) is 105 Å². The number of pyridine rings is 1. The van der Waals surface area contributed by atoms with Gasteiger partial charge in [0.1, 0.15) is 17.6 Å². The third-order valence-electron chi connectivity index (χ3n) is 2.47. The summed E-state index contributed by atoms with van der Waals surface area (Å²) in [4.78, 5) is 26.0. The molecule has 1 amide bonds. The minimum absolute atomic E-state index is 0.111. The van der Waals surface area contributed by atoms with E-state index in [1.807, 2.05) is 6.92 Å². The van der Waals surface area contributed by atoms with Gasteiger partial charge in [-0.1, -0.05) is 25.8 Å². The molecule has 0 bridgehead atoms. The van der Waals surface area contributed by atoms with E-state index in [-0.39, 0.29) is 5.69 Å². The number of aromatic nitrogens is 1. The molecule has 4 N–H and O–H groups in total. The van der Waals surface area contributed by atoms with Crippen molar-refractivity contribution < 1.29 is 14.7 Å². The van der Waals surface area contributed by atoms with Crippen molar-refractivity contribution in [3.63, 3.8) is 0 Å². The number of carbonyl (C=O) groups is 2. The Bertz CT molecular complexity index is 434. The lowest BCUT2D eigenvalue weighted by molar-refractivity contribution is -0.138. The van der Waals surface area contributed by atoms with Crippen LogP contribution in [0.2, 0.25) is 0 Å². The second-order valence-electron chi connectivity index (χ2n) is 3.95. The number of unbranched alkanes of at least 4 members (excludes halogenated alkanes) is 1. The Morgan fingerprint density at radius 3 is 2.78 bits per heavy atom. The minimum atomic E-state index is -0.935. The van der Waals surface area contributed by atoms with Gasteiger partial charge in [-0.15, -0.1) is 0 Å². The molecule has 6 heteroatoms. The van der Waals surface area contributed by atoms with Crippen molar-refractivity contribution in [2.24, 2.45) is 5.73 Å². The zero-order chi connectivity index (χ0) is 13.5. The molecule has 1 heterocycles. The molecule has 0 aliphatic carbocycles. The Hall–Kier alpha value is -2.11. The van der Waals surface area contributed by atoms with Crippen molar-refractivity contribution in [1.82, 2.24) is 4.98 Å². The number of carboxylic acids is 1. The molecule has 98 valence electrons. The van der Waals surface area contributed by atoms with Crippen molar-refractivity contribution in [2.45, 2.75) is 32.2 Å². The molecule has 1 unspecified atom stereocenters. The van der Waals surface area contributed by atoms with Crippen molar-refractivity contribution >= 4 is 17.7 Å². The summed E-state index contributed by atoms with van der Waals surface area (Å²) in [7, 11) is 0. The van der Waals surface area contributed by atoms with Crippen molar-refractivity contribution in [3.05, 3.63) is 23.9 Å². The number of nitrogens with two attached hydrogens (primary N) is 1. The van der Waals surface area contributed by atoms with Gasteiger partial charge in [0.2, 0.25) is 0 Å². The summed E-state index contributed by atoms with van der Waals surface area (Å²) in [5.41, 5.74) is 5.22. The monoisotopic (exact) mass is 251 g/mol. The van der Waals surface area contributed by atoms with E-state index in [9.17, 15) is 9.59 Å². The highest BCUT2D eigenvalue weighted by Gasteiger charge is 2.17. The van der Waals surface area contributed by atoms with Crippen LogP contribution in [0.25, 0.3) is 0 Å². The van der Waals surface area contributed by atoms with E-state index in [2.05, 4.69) is 10.3 Å². The smallest absolute Gasteiger partial charge is 0.326 e. The molecule has 0 aliphatic rings. The van der Waals surface area contributed by atoms with Crippen LogP contribution < -0.4 is 11.1 Å². The SMILES string of the molecule is CCCCC(Nc1cccc(C(N)=O)n1)C(=O)O. The second kappa shape index (κ2) is 6.58. The van der Waals surface area contributed by atoms with Crippen LogP contribution in [-0.4, -0.2) is 28.0 Å². The highest BCUT2D eigenvalue weighted by atomic mass is 16.4. The fourth-order valence-corrected chi connectivity index (χ4v) is 1.50. The Kier molecular flexibility index (Phi) is 5.10. The first-order valence-electron chi connectivity index (χ1n) is 5.80. The Morgan fingerprint density at radius 2 is 2.22 bits per heavy atom. The largest absolute Gasteiger partial charge is 0.480 e. The number of carboxylic acid groups (broad SMARTS) is 1. The zero-order valence-corrected chi connectivity index (χ0v) is 10.2. The number of hydrogen-bond donors (Lipinski definition) is 3. The minimum Gasteiger partial charge on any atom is -0.480 e. The molecule has 0 saturated heterocycles. The summed E-state index contributed by atoms with van der Waals surface area (Å²) < 4.78 is 0. The predicted octanol–water partition coefficient (Wildman–Crippen LogP) is 1.24. The third-order valence-corrected chi connectivity index (χ3v) is 2.47. The standard InChI is InChI=1S/C12H17N3O3/c1-2-3-5-9(12(17)18)15-10-7-4-6-8(14-10)11(13)16/h4,6-7,9H,2-3,5H2,1H3,(H2,13,16)(H,14,15)(H,17,18). The molecule has 1 rings (SSSR count). The molecule has 0 aromatic carbocycles. The van der Waals surface area contributed by atoms with Gasteiger partial charge in [-0.25, -0.2) is 9.78 Å². The normalized spacial score (nSPS) is 11.8. The molecule has 0 radical (unpaired) electrons. The summed E-state index contributed by atoms with van der Waals surface area (Å²) in [6, 6.07) is 3.98. The maximum absolute atomic E-state index is 11.0. The molecule has 0 aliphatic heterocycles. The van der Waals surface area contributed by atoms with Crippen molar-refractivity contribution in [3.8, 4) is 0 Å². The first kappa shape index (κ1) is 14.0. The van der Waals surface area contributed by atoms with E-state index >= 15 is 0 Å². The molecule has 6 nitrogen and oxygen atoms in total. The predicted molar refractivity (Wildman–Crippen MR) is 67.3 cm³/mol. The van der Waals surface area contributed by atoms with Crippen LogP contribution in [0.15, 0.2) is 18.2 Å². The number of aliphatic carboxylic acids is 1. The number of amides is 1. The fourth-order valence-electron chi connectivity index (χ4n) is 1.50. The number of rotatable bonds is 7. The van der Waals surface area contributed by atoms with Gasteiger partial charge in [0.25, 0.3) is 5.91 Å². The Morgan fingerprint density at radius 1 is 1.50 bits per heavy atom. The van der Waals surface area contributed by atoms with Gasteiger partial charge >= 0.3 is 5.97 Å². The highest BCUT2D eigenvalue weighted by Crippen LogP contribution is 2.10. The van der Waals surface area contributed by atoms with Gasteiger partial charge < -0.3 is 16.2 Å². The van der Waals surface area contributed by atoms with E-state index in [4.69, 9.17) is 10.8 Å². The molecule has 0 fully saturated rings. The van der Waals surface area contributed by atoms with Gasteiger partial charge in [0.15, 0.2) is 0 Å². The second-order valence-corrected chi connectivity index (χ2v) is 3.95. The lowest BCUT2D eigenvalue weighted by Crippen LogP contribution is -2.29. The molecule has 18 heavy (non-hydrogen) atoms. The van der Waals surface area contributed by atoms with Crippen molar-refractivity contribution in [2.75, 3.05) is 5.32 Å². The maximum Gasteiger partial charge on any atom is 0.326 e. The maximum atomic E-state index is 11.0. The van der Waals surface area contributed by atoms with E-state index in [1.54, 1.807) is 12.1 Å². The van der Waals surface area contributed by atoms with Crippen molar-refractivity contribution in [1.29, 1.82) is 0 Å². The summed E-state index contributed by atoms with van der Waals surface area (Å²) in [5, 5.41) is 11.8. The van der Waals surface area contributed by atoms with Gasteiger partial charge in [-0.3, -0.25) is 4.79 Å². The lowest BCUT2D eigenvalue weighted by Gasteiger charge is -2.14. The average Bonchev–Trinajstić information content (AvgIpc) is 2.34. The van der Waals surface area contributed by atoms with E-state index in [1.165, 1.54) is 6.07 Å². The molecule has 0 spiro atoms. The molecule has 1 atom stereocenters. The van der Waals surface area contributed by atoms with Crippen LogP contribution in [0.4, 0.5) is 5.82 Å².